The molecule has 0 radical (unpaired) electrons. The van der Waals surface area contributed by atoms with Gasteiger partial charge < -0.3 is 20.3 Å². The minimum Gasteiger partial charge on any atom is -0.367 e. The molecular formula is C35H31F6N3O2. The number of amides is 2. The average Bonchev–Trinajstić information content (AvgIpc) is 3.00. The lowest BCUT2D eigenvalue weighted by Gasteiger charge is -2.42. The van der Waals surface area contributed by atoms with Crippen LogP contribution in [0, 0.1) is 0 Å². The summed E-state index contributed by atoms with van der Waals surface area (Å²) in [6, 6.07) is 25.9. The van der Waals surface area contributed by atoms with Crippen molar-refractivity contribution in [1.29, 1.82) is 0 Å². The first-order valence-electron chi connectivity index (χ1n) is 14.3. The van der Waals surface area contributed by atoms with E-state index in [1.165, 1.54) is 7.11 Å². The number of anilines is 1. The van der Waals surface area contributed by atoms with Crippen LogP contribution in [0.4, 0.5) is 36.8 Å². The van der Waals surface area contributed by atoms with E-state index in [0.717, 1.165) is 21.5 Å². The van der Waals surface area contributed by atoms with Crippen LogP contribution in [-0.4, -0.2) is 44.7 Å². The molecule has 46 heavy (non-hydrogen) atoms. The Hall–Kier alpha value is -4.61. The van der Waals surface area contributed by atoms with Gasteiger partial charge in [0.15, 0.2) is 0 Å². The van der Waals surface area contributed by atoms with E-state index < -0.39 is 46.8 Å². The van der Waals surface area contributed by atoms with E-state index in [1.807, 2.05) is 84.9 Å². The fraction of sp³-hybridized carbons (Fsp3) is 0.229. The largest absolute Gasteiger partial charge is 0.416 e. The molecule has 0 spiro atoms. The number of rotatable bonds is 8. The predicted molar refractivity (Wildman–Crippen MR) is 167 cm³/mol. The molecule has 2 N–H and O–H groups in total. The third kappa shape index (κ3) is 6.80. The van der Waals surface area contributed by atoms with Gasteiger partial charge in [-0.2, -0.15) is 26.3 Å². The van der Waals surface area contributed by atoms with Gasteiger partial charge in [0.05, 0.1) is 17.2 Å². The maximum Gasteiger partial charge on any atom is 0.416 e. The molecule has 0 bridgehead atoms. The topological polar surface area (TPSA) is 53.6 Å². The number of benzene rings is 5. The zero-order valence-corrected chi connectivity index (χ0v) is 25.1. The Kier molecular flexibility index (Phi) is 9.01. The molecular weight excluding hydrogens is 608 g/mol. The fourth-order valence-electron chi connectivity index (χ4n) is 5.78. The number of likely N-dealkylation sites (N-methyl/N-ethyl adjacent to an activating group) is 1. The van der Waals surface area contributed by atoms with E-state index in [9.17, 15) is 31.1 Å². The summed E-state index contributed by atoms with van der Waals surface area (Å²) in [6.45, 7) is 0.178. The number of carbonyl (C=O) groups excluding carboxylic acids is 1. The Labute approximate surface area is 261 Å². The fourth-order valence-corrected chi connectivity index (χ4v) is 5.78. The minimum atomic E-state index is -5.07. The Balaban J connectivity index is 1.63. The Morgan fingerprint density at radius 2 is 1.13 bits per heavy atom. The molecule has 0 aliphatic carbocycles. The van der Waals surface area contributed by atoms with Crippen molar-refractivity contribution in [3.8, 4) is 0 Å². The number of fused-ring (bicyclic) bond motifs is 2. The summed E-state index contributed by atoms with van der Waals surface area (Å²) < 4.78 is 87.4. The smallest absolute Gasteiger partial charge is 0.367 e. The molecule has 0 aromatic heterocycles. The zero-order valence-electron chi connectivity index (χ0n) is 25.1. The number of nitrogens with zero attached hydrogens (tertiary/aromatic N) is 1. The molecule has 0 saturated carbocycles. The number of alkyl halides is 6. The lowest BCUT2D eigenvalue weighted by Crippen LogP contribution is -2.57. The normalized spacial score (nSPS) is 13.3. The van der Waals surface area contributed by atoms with E-state index in [-0.39, 0.29) is 12.6 Å². The van der Waals surface area contributed by atoms with Crippen LogP contribution in [0.25, 0.3) is 21.5 Å². The highest BCUT2D eigenvalue weighted by Crippen LogP contribution is 2.41. The molecule has 0 aliphatic rings. The van der Waals surface area contributed by atoms with Crippen molar-refractivity contribution < 1.29 is 35.9 Å². The van der Waals surface area contributed by atoms with Gasteiger partial charge in [-0.1, -0.05) is 72.8 Å². The van der Waals surface area contributed by atoms with Crippen molar-refractivity contribution in [1.82, 2.24) is 10.2 Å². The second-order valence-electron chi connectivity index (χ2n) is 11.3. The molecule has 0 aliphatic heterocycles. The van der Waals surface area contributed by atoms with Gasteiger partial charge in [-0.3, -0.25) is 0 Å². The number of hydrogen-bond acceptors (Lipinski definition) is 3. The summed E-state index contributed by atoms with van der Waals surface area (Å²) in [7, 11) is 5.04. The molecule has 11 heteroatoms. The van der Waals surface area contributed by atoms with Crippen LogP contribution in [-0.2, 0) is 22.7 Å². The summed E-state index contributed by atoms with van der Waals surface area (Å²) in [5.74, 6) is 0. The number of halogens is 6. The van der Waals surface area contributed by atoms with Gasteiger partial charge in [0.25, 0.3) is 0 Å². The number of carbonyl (C=O) groups is 1. The summed E-state index contributed by atoms with van der Waals surface area (Å²) in [4.78, 5) is 15.3. The van der Waals surface area contributed by atoms with Gasteiger partial charge in [-0.25, -0.2) is 4.79 Å². The van der Waals surface area contributed by atoms with E-state index >= 15 is 0 Å². The van der Waals surface area contributed by atoms with Gasteiger partial charge in [-0.05, 0) is 77.1 Å². The van der Waals surface area contributed by atoms with Gasteiger partial charge in [0.1, 0.15) is 5.60 Å². The van der Waals surface area contributed by atoms with E-state index in [2.05, 4.69) is 10.6 Å². The molecule has 0 fully saturated rings. The standard InChI is InChI=1S/C35H31F6N3O2/c1-44(2)21-31(43-32(45)42-30-19-28(34(36,37)38)18-29(20-30)35(39,40)41)33(46-3,26-14-12-22-8-4-6-10-24(22)16-26)27-15-13-23-9-5-7-11-25(23)17-27/h4-20,31H,21H2,1-3H3,(H2,42,43,45)/t31-/m1/s1. The van der Waals surface area contributed by atoms with Crippen molar-refractivity contribution in [3.05, 3.63) is 125 Å². The summed E-state index contributed by atoms with van der Waals surface area (Å²) >= 11 is 0. The third-order valence-electron chi connectivity index (χ3n) is 7.87. The molecule has 0 saturated heterocycles. The summed E-state index contributed by atoms with van der Waals surface area (Å²) in [5.41, 5.74) is -3.76. The first-order chi connectivity index (χ1) is 21.7. The van der Waals surface area contributed by atoms with Crippen molar-refractivity contribution >= 4 is 33.3 Å². The van der Waals surface area contributed by atoms with Crippen LogP contribution in [0.3, 0.4) is 0 Å². The summed E-state index contributed by atoms with van der Waals surface area (Å²) in [5, 5.41) is 8.76. The number of hydrogen-bond donors (Lipinski definition) is 2. The van der Waals surface area contributed by atoms with E-state index in [0.29, 0.717) is 23.3 Å². The first kappa shape index (κ1) is 32.8. The zero-order chi connectivity index (χ0) is 33.3. The van der Waals surface area contributed by atoms with Gasteiger partial charge in [0.2, 0.25) is 0 Å². The Bertz CT molecular complexity index is 1760. The van der Waals surface area contributed by atoms with Gasteiger partial charge in [0, 0.05) is 19.3 Å². The van der Waals surface area contributed by atoms with Crippen LogP contribution in [0.1, 0.15) is 22.3 Å². The maximum absolute atomic E-state index is 13.5. The minimum absolute atomic E-state index is 0.00727. The van der Waals surface area contributed by atoms with Crippen LogP contribution in [0.15, 0.2) is 103 Å². The Morgan fingerprint density at radius 1 is 0.674 bits per heavy atom. The molecule has 2 amide bonds. The molecule has 240 valence electrons. The number of nitrogens with one attached hydrogen (secondary N) is 2. The van der Waals surface area contributed by atoms with Gasteiger partial charge in [-0.15, -0.1) is 0 Å². The SMILES string of the molecule is COC(c1ccc2ccccc2c1)(c1ccc2ccccc2c1)[C@@H](CN(C)C)NC(=O)Nc1cc(C(F)(F)F)cc(C(F)(F)F)c1. The van der Waals surface area contributed by atoms with Crippen molar-refractivity contribution in [3.63, 3.8) is 0 Å². The van der Waals surface area contributed by atoms with Crippen LogP contribution in [0.2, 0.25) is 0 Å². The number of methoxy groups -OCH3 is 1. The molecule has 5 rings (SSSR count). The quantitative estimate of drug-likeness (QED) is 0.167. The van der Waals surface area contributed by atoms with Crippen LogP contribution < -0.4 is 10.6 Å². The lowest BCUT2D eigenvalue weighted by molar-refractivity contribution is -0.143. The van der Waals surface area contributed by atoms with E-state index in [4.69, 9.17) is 4.74 Å². The lowest BCUT2D eigenvalue weighted by atomic mass is 9.78. The molecule has 5 aromatic carbocycles. The highest BCUT2D eigenvalue weighted by Gasteiger charge is 2.44. The highest BCUT2D eigenvalue weighted by molar-refractivity contribution is 5.90. The molecule has 0 unspecified atom stereocenters. The monoisotopic (exact) mass is 639 g/mol. The predicted octanol–water partition coefficient (Wildman–Crippen LogP) is 8.67. The molecule has 5 aromatic rings. The van der Waals surface area contributed by atoms with Gasteiger partial charge >= 0.3 is 18.4 Å². The van der Waals surface area contributed by atoms with Crippen LogP contribution in [0.5, 0.6) is 0 Å². The number of ether oxygens (including phenoxy) is 1. The average molecular weight is 640 g/mol. The summed E-state index contributed by atoms with van der Waals surface area (Å²) in [6.07, 6.45) is -10.1. The third-order valence-corrected chi connectivity index (χ3v) is 7.87. The highest BCUT2D eigenvalue weighted by atomic mass is 19.4. The molecule has 1 atom stereocenters. The van der Waals surface area contributed by atoms with Crippen molar-refractivity contribution in [2.24, 2.45) is 0 Å². The Morgan fingerprint density at radius 3 is 1.54 bits per heavy atom. The van der Waals surface area contributed by atoms with Crippen molar-refractivity contribution in [2.75, 3.05) is 33.1 Å². The number of urea groups is 1. The first-order valence-corrected chi connectivity index (χ1v) is 14.3. The van der Waals surface area contributed by atoms with Crippen LogP contribution >= 0.6 is 0 Å². The second-order valence-corrected chi connectivity index (χ2v) is 11.3. The molecule has 5 nitrogen and oxygen atoms in total. The second kappa shape index (κ2) is 12.6. The van der Waals surface area contributed by atoms with E-state index in [1.54, 1.807) is 19.0 Å². The molecule has 0 heterocycles. The maximum atomic E-state index is 13.5. The van der Waals surface area contributed by atoms with Crippen molar-refractivity contribution in [2.45, 2.75) is 24.0 Å².